The van der Waals surface area contributed by atoms with Crippen molar-refractivity contribution in [1.29, 1.82) is 0 Å². The molecule has 2 heterocycles. The molecule has 0 saturated heterocycles. The van der Waals surface area contributed by atoms with Gasteiger partial charge in [-0.2, -0.15) is 0 Å². The lowest BCUT2D eigenvalue weighted by Gasteiger charge is -2.25. The van der Waals surface area contributed by atoms with Gasteiger partial charge in [0.15, 0.2) is 4.96 Å². The molecule has 0 amide bonds. The Hall–Kier alpha value is -0.870. The van der Waals surface area contributed by atoms with Crippen LogP contribution >= 0.6 is 11.3 Å². The number of nitrogens with zero attached hydrogens (tertiary/aromatic N) is 2. The molecule has 0 aliphatic rings. The number of imidazole rings is 1. The van der Waals surface area contributed by atoms with Crippen LogP contribution in [-0.2, 0) is 6.54 Å². The maximum atomic E-state index is 4.58. The molecule has 0 aliphatic heterocycles. The van der Waals surface area contributed by atoms with Gasteiger partial charge >= 0.3 is 0 Å². The predicted octanol–water partition coefficient (Wildman–Crippen LogP) is 3.72. The van der Waals surface area contributed by atoms with Gasteiger partial charge in [-0.05, 0) is 31.2 Å². The Morgan fingerprint density at radius 2 is 1.95 bits per heavy atom. The van der Waals surface area contributed by atoms with Gasteiger partial charge in [0.05, 0.1) is 11.4 Å². The number of aromatic nitrogens is 2. The van der Waals surface area contributed by atoms with E-state index in [1.807, 2.05) is 0 Å². The first-order valence-electron chi connectivity index (χ1n) is 7.12. The Morgan fingerprint density at radius 3 is 2.58 bits per heavy atom. The van der Waals surface area contributed by atoms with Crippen molar-refractivity contribution in [2.45, 2.75) is 41.2 Å². The maximum Gasteiger partial charge on any atom is 0.194 e. The molecule has 0 unspecified atom stereocenters. The molecule has 0 spiro atoms. The summed E-state index contributed by atoms with van der Waals surface area (Å²) in [7, 11) is 0. The van der Waals surface area contributed by atoms with Crippen LogP contribution in [0.25, 0.3) is 4.96 Å². The summed E-state index contributed by atoms with van der Waals surface area (Å²) in [5, 5.41) is 5.71. The first-order chi connectivity index (χ1) is 9.00. The molecule has 2 aromatic heterocycles. The van der Waals surface area contributed by atoms with E-state index in [1.54, 1.807) is 11.3 Å². The molecule has 19 heavy (non-hydrogen) atoms. The smallest absolute Gasteiger partial charge is 0.194 e. The SMILES string of the molecule is Cc1nc2sccn2c1CNCC(C(C)C)C(C)C. The van der Waals surface area contributed by atoms with Crippen LogP contribution in [-0.4, -0.2) is 15.9 Å². The van der Waals surface area contributed by atoms with E-state index in [2.05, 4.69) is 60.9 Å². The lowest BCUT2D eigenvalue weighted by molar-refractivity contribution is 0.275. The summed E-state index contributed by atoms with van der Waals surface area (Å²) in [5.41, 5.74) is 2.44. The van der Waals surface area contributed by atoms with Crippen molar-refractivity contribution in [3.05, 3.63) is 23.0 Å². The van der Waals surface area contributed by atoms with E-state index < -0.39 is 0 Å². The largest absolute Gasteiger partial charge is 0.311 e. The van der Waals surface area contributed by atoms with Gasteiger partial charge in [0.1, 0.15) is 0 Å². The molecule has 3 nitrogen and oxygen atoms in total. The third-order valence-electron chi connectivity index (χ3n) is 3.95. The zero-order valence-electron chi connectivity index (χ0n) is 12.6. The highest BCUT2D eigenvalue weighted by Crippen LogP contribution is 2.20. The summed E-state index contributed by atoms with van der Waals surface area (Å²) in [6.07, 6.45) is 2.11. The third-order valence-corrected chi connectivity index (χ3v) is 4.70. The fourth-order valence-corrected chi connectivity index (χ4v) is 3.53. The topological polar surface area (TPSA) is 29.3 Å². The number of thiazole rings is 1. The molecule has 0 fully saturated rings. The molecule has 2 rings (SSSR count). The number of hydrogen-bond donors (Lipinski definition) is 1. The molecule has 0 saturated carbocycles. The third kappa shape index (κ3) is 3.18. The second kappa shape index (κ2) is 6.06. The quantitative estimate of drug-likeness (QED) is 0.873. The molecule has 0 atom stereocenters. The van der Waals surface area contributed by atoms with E-state index >= 15 is 0 Å². The molecular formula is C15H25N3S. The van der Waals surface area contributed by atoms with Gasteiger partial charge in [-0.15, -0.1) is 11.3 Å². The highest BCUT2D eigenvalue weighted by Gasteiger charge is 2.17. The molecule has 0 aliphatic carbocycles. The van der Waals surface area contributed by atoms with E-state index in [0.29, 0.717) is 0 Å². The molecular weight excluding hydrogens is 254 g/mol. The molecule has 0 aromatic carbocycles. The highest BCUT2D eigenvalue weighted by molar-refractivity contribution is 7.15. The standard InChI is InChI=1S/C15H25N3S/c1-10(2)13(11(3)4)8-16-9-14-12(5)17-15-18(14)6-7-19-15/h6-7,10-11,13,16H,8-9H2,1-5H3. The van der Waals surface area contributed by atoms with Crippen LogP contribution in [0.3, 0.4) is 0 Å². The molecule has 106 valence electrons. The Bertz CT molecular complexity index is 516. The fourth-order valence-electron chi connectivity index (χ4n) is 2.75. The number of rotatable bonds is 6. The van der Waals surface area contributed by atoms with E-state index in [1.165, 1.54) is 5.69 Å². The van der Waals surface area contributed by atoms with Gasteiger partial charge < -0.3 is 5.32 Å². The van der Waals surface area contributed by atoms with Gasteiger partial charge in [-0.25, -0.2) is 4.98 Å². The van der Waals surface area contributed by atoms with Crippen LogP contribution in [0, 0.1) is 24.7 Å². The minimum Gasteiger partial charge on any atom is -0.311 e. The van der Waals surface area contributed by atoms with Crippen molar-refractivity contribution in [2.75, 3.05) is 6.54 Å². The van der Waals surface area contributed by atoms with Crippen LogP contribution in [0.2, 0.25) is 0 Å². The van der Waals surface area contributed by atoms with E-state index in [4.69, 9.17) is 0 Å². The van der Waals surface area contributed by atoms with Crippen LogP contribution in [0.4, 0.5) is 0 Å². The van der Waals surface area contributed by atoms with E-state index in [0.717, 1.165) is 41.5 Å². The van der Waals surface area contributed by atoms with E-state index in [-0.39, 0.29) is 0 Å². The van der Waals surface area contributed by atoms with Gasteiger partial charge in [0, 0.05) is 18.1 Å². The number of aryl methyl sites for hydroxylation is 1. The zero-order chi connectivity index (χ0) is 14.0. The maximum absolute atomic E-state index is 4.58. The molecule has 1 N–H and O–H groups in total. The minimum absolute atomic E-state index is 0.722. The Kier molecular flexibility index (Phi) is 4.63. The summed E-state index contributed by atoms with van der Waals surface area (Å²) in [4.78, 5) is 5.68. The lowest BCUT2D eigenvalue weighted by Crippen LogP contribution is -2.30. The Labute approximate surface area is 120 Å². The van der Waals surface area contributed by atoms with Crippen molar-refractivity contribution >= 4 is 16.3 Å². The second-order valence-electron chi connectivity index (χ2n) is 5.98. The van der Waals surface area contributed by atoms with Gasteiger partial charge in [0.25, 0.3) is 0 Å². The van der Waals surface area contributed by atoms with Crippen molar-refractivity contribution in [1.82, 2.24) is 14.7 Å². The second-order valence-corrected chi connectivity index (χ2v) is 6.86. The first kappa shape index (κ1) is 14.5. The predicted molar refractivity (Wildman–Crippen MR) is 82.7 cm³/mol. The normalized spacial score (nSPS) is 12.4. The lowest BCUT2D eigenvalue weighted by atomic mass is 9.85. The summed E-state index contributed by atoms with van der Waals surface area (Å²) in [6, 6.07) is 0. The van der Waals surface area contributed by atoms with Crippen LogP contribution in [0.15, 0.2) is 11.6 Å². The van der Waals surface area contributed by atoms with Gasteiger partial charge in [-0.3, -0.25) is 4.40 Å². The van der Waals surface area contributed by atoms with Crippen molar-refractivity contribution in [3.63, 3.8) is 0 Å². The van der Waals surface area contributed by atoms with Crippen LogP contribution in [0.5, 0.6) is 0 Å². The van der Waals surface area contributed by atoms with Crippen LogP contribution in [0.1, 0.15) is 39.1 Å². The Morgan fingerprint density at radius 1 is 1.26 bits per heavy atom. The summed E-state index contributed by atoms with van der Waals surface area (Å²) < 4.78 is 2.20. The highest BCUT2D eigenvalue weighted by atomic mass is 32.1. The molecule has 2 aromatic rings. The summed E-state index contributed by atoms with van der Waals surface area (Å²) in [5.74, 6) is 2.17. The van der Waals surface area contributed by atoms with Crippen molar-refractivity contribution < 1.29 is 0 Å². The number of nitrogens with one attached hydrogen (secondary N) is 1. The van der Waals surface area contributed by atoms with E-state index in [9.17, 15) is 0 Å². The Balaban J connectivity index is 1.99. The summed E-state index contributed by atoms with van der Waals surface area (Å²) >= 11 is 1.70. The molecule has 0 radical (unpaired) electrons. The first-order valence-corrected chi connectivity index (χ1v) is 8.00. The fraction of sp³-hybridized carbons (Fsp3) is 0.667. The number of fused-ring (bicyclic) bond motifs is 1. The van der Waals surface area contributed by atoms with Gasteiger partial charge in [0.2, 0.25) is 0 Å². The number of hydrogen-bond acceptors (Lipinski definition) is 3. The van der Waals surface area contributed by atoms with Crippen LogP contribution < -0.4 is 5.32 Å². The average molecular weight is 279 g/mol. The van der Waals surface area contributed by atoms with Gasteiger partial charge in [-0.1, -0.05) is 27.7 Å². The van der Waals surface area contributed by atoms with Crippen molar-refractivity contribution in [3.8, 4) is 0 Å². The average Bonchev–Trinajstić information content (AvgIpc) is 2.85. The minimum atomic E-state index is 0.722. The monoisotopic (exact) mass is 279 g/mol. The van der Waals surface area contributed by atoms with Crippen molar-refractivity contribution in [2.24, 2.45) is 17.8 Å². The molecule has 0 bridgehead atoms. The zero-order valence-corrected chi connectivity index (χ0v) is 13.4. The molecule has 4 heteroatoms. The summed E-state index contributed by atoms with van der Waals surface area (Å²) in [6.45, 7) is 13.3.